The Morgan fingerprint density at radius 3 is 2.73 bits per heavy atom. The van der Waals surface area contributed by atoms with Gasteiger partial charge in [0.25, 0.3) is 0 Å². The van der Waals surface area contributed by atoms with Gasteiger partial charge in [0.1, 0.15) is 12.4 Å². The predicted molar refractivity (Wildman–Crippen MR) is 87.0 cm³/mol. The van der Waals surface area contributed by atoms with E-state index in [0.29, 0.717) is 13.2 Å². The number of benzene rings is 2. The van der Waals surface area contributed by atoms with Gasteiger partial charge in [-0.1, -0.05) is 30.3 Å². The lowest BCUT2D eigenvalue weighted by atomic mass is 10.2. The fourth-order valence-corrected chi connectivity index (χ4v) is 2.34. The molecular weight excluding hydrogens is 276 g/mol. The van der Waals surface area contributed by atoms with E-state index in [1.54, 1.807) is 11.1 Å². The first-order chi connectivity index (χ1) is 10.7. The highest BCUT2D eigenvalue weighted by molar-refractivity contribution is 5.94. The third-order valence-electron chi connectivity index (χ3n) is 3.52. The second-order valence-electron chi connectivity index (χ2n) is 5.16. The molecule has 0 saturated heterocycles. The van der Waals surface area contributed by atoms with E-state index in [1.165, 1.54) is 0 Å². The third kappa shape index (κ3) is 3.11. The van der Waals surface area contributed by atoms with Gasteiger partial charge >= 0.3 is 6.03 Å². The summed E-state index contributed by atoms with van der Waals surface area (Å²) in [7, 11) is 0. The molecule has 0 aromatic heterocycles. The maximum Gasteiger partial charge on any atom is 0.326 e. The number of urea groups is 1. The lowest BCUT2D eigenvalue weighted by Gasteiger charge is -2.23. The lowest BCUT2D eigenvalue weighted by Crippen LogP contribution is -2.39. The van der Waals surface area contributed by atoms with Crippen LogP contribution in [0.1, 0.15) is 11.1 Å². The highest BCUT2D eigenvalue weighted by Gasteiger charge is 2.16. The van der Waals surface area contributed by atoms with Gasteiger partial charge in [0.05, 0.1) is 5.69 Å². The maximum absolute atomic E-state index is 11.8. The standard InChI is InChI=1S/C18H18N2O2/c1-14-12-16(20-11-5-10-19-18(20)21)8-9-17(14)22-13-15-6-3-2-4-7-15/h2-9,11-12H,10,13H2,1H3,(H,19,21). The van der Waals surface area contributed by atoms with E-state index >= 15 is 0 Å². The number of nitrogens with zero attached hydrogens (tertiary/aromatic N) is 1. The van der Waals surface area contributed by atoms with E-state index in [0.717, 1.165) is 22.6 Å². The zero-order valence-corrected chi connectivity index (χ0v) is 12.5. The first-order valence-electron chi connectivity index (χ1n) is 7.25. The minimum absolute atomic E-state index is 0.111. The predicted octanol–water partition coefficient (Wildman–Crippen LogP) is 3.62. The molecule has 0 saturated carbocycles. The van der Waals surface area contributed by atoms with Crippen molar-refractivity contribution in [1.82, 2.24) is 5.32 Å². The van der Waals surface area contributed by atoms with Crippen LogP contribution < -0.4 is 15.0 Å². The fourth-order valence-electron chi connectivity index (χ4n) is 2.34. The first-order valence-corrected chi connectivity index (χ1v) is 7.25. The number of hydrogen-bond acceptors (Lipinski definition) is 2. The Morgan fingerprint density at radius 1 is 1.18 bits per heavy atom. The summed E-state index contributed by atoms with van der Waals surface area (Å²) < 4.78 is 5.85. The van der Waals surface area contributed by atoms with Gasteiger partial charge in [0.15, 0.2) is 0 Å². The fraction of sp³-hybridized carbons (Fsp3) is 0.167. The number of ether oxygens (including phenoxy) is 1. The lowest BCUT2D eigenvalue weighted by molar-refractivity contribution is 0.248. The molecule has 1 heterocycles. The monoisotopic (exact) mass is 294 g/mol. The van der Waals surface area contributed by atoms with Crippen LogP contribution in [0.2, 0.25) is 0 Å². The zero-order chi connectivity index (χ0) is 15.4. The normalized spacial score (nSPS) is 13.9. The van der Waals surface area contributed by atoms with E-state index in [1.807, 2.05) is 61.5 Å². The molecule has 1 N–H and O–H groups in total. The molecule has 2 aromatic rings. The Hall–Kier alpha value is -2.75. The number of carbonyl (C=O) groups is 1. The van der Waals surface area contributed by atoms with Crippen LogP contribution in [-0.4, -0.2) is 12.6 Å². The van der Waals surface area contributed by atoms with Crippen LogP contribution in [0.3, 0.4) is 0 Å². The minimum atomic E-state index is -0.111. The van der Waals surface area contributed by atoms with Crippen molar-refractivity contribution < 1.29 is 9.53 Å². The summed E-state index contributed by atoms with van der Waals surface area (Å²) >= 11 is 0. The van der Waals surface area contributed by atoms with Crippen molar-refractivity contribution in [3.63, 3.8) is 0 Å². The van der Waals surface area contributed by atoms with Crippen molar-refractivity contribution >= 4 is 11.7 Å². The van der Waals surface area contributed by atoms with Gasteiger partial charge in [-0.05, 0) is 42.3 Å². The van der Waals surface area contributed by atoms with Crippen LogP contribution in [0.5, 0.6) is 5.75 Å². The summed E-state index contributed by atoms with van der Waals surface area (Å²) in [5.74, 6) is 0.828. The van der Waals surface area contributed by atoms with Crippen LogP contribution in [0.15, 0.2) is 60.8 Å². The number of nitrogens with one attached hydrogen (secondary N) is 1. The molecule has 0 aliphatic carbocycles. The van der Waals surface area contributed by atoms with Crippen molar-refractivity contribution in [2.75, 3.05) is 11.4 Å². The highest BCUT2D eigenvalue weighted by Crippen LogP contribution is 2.26. The van der Waals surface area contributed by atoms with E-state index in [4.69, 9.17) is 4.74 Å². The van der Waals surface area contributed by atoms with E-state index < -0.39 is 0 Å². The van der Waals surface area contributed by atoms with Gasteiger partial charge in [-0.25, -0.2) is 4.79 Å². The van der Waals surface area contributed by atoms with Crippen molar-refractivity contribution in [2.24, 2.45) is 0 Å². The molecule has 3 rings (SSSR count). The summed E-state index contributed by atoms with van der Waals surface area (Å²) in [4.78, 5) is 13.4. The van der Waals surface area contributed by atoms with E-state index in [9.17, 15) is 4.79 Å². The SMILES string of the molecule is Cc1cc(N2C=CCNC2=O)ccc1OCc1ccccc1. The number of amides is 2. The Labute approximate surface area is 130 Å². The number of anilines is 1. The van der Waals surface area contributed by atoms with Crippen molar-refractivity contribution in [3.8, 4) is 5.75 Å². The van der Waals surface area contributed by atoms with Gasteiger partial charge in [-0.2, -0.15) is 0 Å². The summed E-state index contributed by atoms with van der Waals surface area (Å²) in [6.07, 6.45) is 3.70. The smallest absolute Gasteiger partial charge is 0.326 e. The summed E-state index contributed by atoms with van der Waals surface area (Å²) in [6.45, 7) is 3.09. The quantitative estimate of drug-likeness (QED) is 0.935. The van der Waals surface area contributed by atoms with Gasteiger partial charge in [-0.3, -0.25) is 4.90 Å². The molecule has 1 aliphatic rings. The molecule has 2 aromatic carbocycles. The van der Waals surface area contributed by atoms with Crippen LogP contribution >= 0.6 is 0 Å². The molecule has 4 heteroatoms. The molecule has 1 aliphatic heterocycles. The molecule has 0 unspecified atom stereocenters. The molecule has 4 nitrogen and oxygen atoms in total. The summed E-state index contributed by atoms with van der Waals surface area (Å²) in [5, 5.41) is 2.78. The molecule has 0 radical (unpaired) electrons. The summed E-state index contributed by atoms with van der Waals surface area (Å²) in [5.41, 5.74) is 2.96. The molecular formula is C18H18N2O2. The van der Waals surface area contributed by atoms with Crippen molar-refractivity contribution in [1.29, 1.82) is 0 Å². The molecule has 22 heavy (non-hydrogen) atoms. The average molecular weight is 294 g/mol. The topological polar surface area (TPSA) is 41.6 Å². The highest BCUT2D eigenvalue weighted by atomic mass is 16.5. The molecule has 0 bridgehead atoms. The average Bonchev–Trinajstić information content (AvgIpc) is 2.55. The summed E-state index contributed by atoms with van der Waals surface area (Å²) in [6, 6.07) is 15.7. The molecule has 2 amide bonds. The van der Waals surface area contributed by atoms with Gasteiger partial charge in [0.2, 0.25) is 0 Å². The van der Waals surface area contributed by atoms with Crippen molar-refractivity contribution in [2.45, 2.75) is 13.5 Å². The molecule has 0 fully saturated rings. The Morgan fingerprint density at radius 2 is 2.00 bits per heavy atom. The Bertz CT molecular complexity index is 695. The Balaban J connectivity index is 1.73. The van der Waals surface area contributed by atoms with Crippen molar-refractivity contribution in [3.05, 3.63) is 71.9 Å². The van der Waals surface area contributed by atoms with Crippen LogP contribution in [0.25, 0.3) is 0 Å². The second-order valence-corrected chi connectivity index (χ2v) is 5.16. The van der Waals surface area contributed by atoms with E-state index in [-0.39, 0.29) is 6.03 Å². The molecule has 0 atom stereocenters. The number of hydrogen-bond donors (Lipinski definition) is 1. The van der Waals surface area contributed by atoms with E-state index in [2.05, 4.69) is 5.32 Å². The van der Waals surface area contributed by atoms with Crippen LogP contribution in [-0.2, 0) is 6.61 Å². The minimum Gasteiger partial charge on any atom is -0.489 e. The van der Waals surface area contributed by atoms with Gasteiger partial charge in [-0.15, -0.1) is 0 Å². The zero-order valence-electron chi connectivity index (χ0n) is 12.5. The third-order valence-corrected chi connectivity index (χ3v) is 3.52. The van der Waals surface area contributed by atoms with Gasteiger partial charge in [0, 0.05) is 12.7 Å². The maximum atomic E-state index is 11.8. The molecule has 112 valence electrons. The number of aryl methyl sites for hydroxylation is 1. The molecule has 0 spiro atoms. The number of carbonyl (C=O) groups excluding carboxylic acids is 1. The van der Waals surface area contributed by atoms with Crippen LogP contribution in [0.4, 0.5) is 10.5 Å². The number of rotatable bonds is 4. The second kappa shape index (κ2) is 6.35. The Kier molecular flexibility index (Phi) is 4.10. The van der Waals surface area contributed by atoms with Crippen LogP contribution in [0, 0.1) is 6.92 Å². The first kappa shape index (κ1) is 14.2. The van der Waals surface area contributed by atoms with Gasteiger partial charge < -0.3 is 10.1 Å². The largest absolute Gasteiger partial charge is 0.489 e.